The largest absolute Gasteiger partial charge is 0.300 e. The topological polar surface area (TPSA) is 17.1 Å². The molecule has 1 aliphatic carbocycles. The van der Waals surface area contributed by atoms with Gasteiger partial charge in [0.1, 0.15) is 5.78 Å². The quantitative estimate of drug-likeness (QED) is 0.649. The average Bonchev–Trinajstić information content (AvgIpc) is 2.15. The molecule has 0 aromatic carbocycles. The molecule has 0 unspecified atom stereocenters. The predicted molar refractivity (Wildman–Crippen MR) is 55.7 cm³/mol. The van der Waals surface area contributed by atoms with E-state index in [0.29, 0.717) is 11.7 Å². The number of hydrogen-bond acceptors (Lipinski definition) is 1. The Morgan fingerprint density at radius 1 is 1.23 bits per heavy atom. The van der Waals surface area contributed by atoms with E-state index in [1.54, 1.807) is 6.92 Å². The van der Waals surface area contributed by atoms with Crippen molar-refractivity contribution in [1.29, 1.82) is 0 Å². The molecule has 76 valence electrons. The highest BCUT2D eigenvalue weighted by Crippen LogP contribution is 2.32. The van der Waals surface area contributed by atoms with Gasteiger partial charge in [-0.05, 0) is 38.5 Å². The van der Waals surface area contributed by atoms with Crippen LogP contribution < -0.4 is 0 Å². The van der Waals surface area contributed by atoms with Crippen molar-refractivity contribution < 1.29 is 4.79 Å². The standard InChI is InChI=1S/C12H22O/c1-3-4-5-11-6-8-12(9-7-11)10(2)13/h11-12H,3-9H2,1-2H3. The molecule has 1 rings (SSSR count). The maximum atomic E-state index is 11.1. The van der Waals surface area contributed by atoms with Crippen LogP contribution in [0.25, 0.3) is 0 Å². The van der Waals surface area contributed by atoms with Crippen molar-refractivity contribution >= 4 is 5.78 Å². The van der Waals surface area contributed by atoms with Gasteiger partial charge in [-0.2, -0.15) is 0 Å². The fourth-order valence-corrected chi connectivity index (χ4v) is 2.35. The molecule has 0 heterocycles. The summed E-state index contributed by atoms with van der Waals surface area (Å²) in [5, 5.41) is 0. The molecular weight excluding hydrogens is 160 g/mol. The van der Waals surface area contributed by atoms with Gasteiger partial charge in [0.2, 0.25) is 0 Å². The van der Waals surface area contributed by atoms with Crippen molar-refractivity contribution in [2.45, 2.75) is 58.8 Å². The summed E-state index contributed by atoms with van der Waals surface area (Å²) < 4.78 is 0. The summed E-state index contributed by atoms with van der Waals surface area (Å²) in [5.41, 5.74) is 0. The van der Waals surface area contributed by atoms with E-state index < -0.39 is 0 Å². The van der Waals surface area contributed by atoms with Gasteiger partial charge < -0.3 is 0 Å². The highest BCUT2D eigenvalue weighted by atomic mass is 16.1. The lowest BCUT2D eigenvalue weighted by Crippen LogP contribution is -2.19. The Hall–Kier alpha value is -0.330. The van der Waals surface area contributed by atoms with Crippen LogP contribution in [0.1, 0.15) is 58.8 Å². The fourth-order valence-electron chi connectivity index (χ4n) is 2.35. The molecule has 0 atom stereocenters. The fraction of sp³-hybridized carbons (Fsp3) is 0.917. The van der Waals surface area contributed by atoms with Crippen LogP contribution in [-0.2, 0) is 4.79 Å². The summed E-state index contributed by atoms with van der Waals surface area (Å²) in [6, 6.07) is 0. The third-order valence-electron chi connectivity index (χ3n) is 3.39. The molecule has 0 radical (unpaired) electrons. The molecule has 0 aliphatic heterocycles. The SMILES string of the molecule is CCCCC1CCC(C(C)=O)CC1. The summed E-state index contributed by atoms with van der Waals surface area (Å²) in [6.45, 7) is 4.00. The molecule has 1 fully saturated rings. The third kappa shape index (κ3) is 3.50. The van der Waals surface area contributed by atoms with E-state index in [4.69, 9.17) is 0 Å². The maximum absolute atomic E-state index is 11.1. The second-order valence-corrected chi connectivity index (χ2v) is 4.47. The summed E-state index contributed by atoms with van der Waals surface area (Å²) in [7, 11) is 0. The van der Waals surface area contributed by atoms with Crippen molar-refractivity contribution in [3.05, 3.63) is 0 Å². The highest BCUT2D eigenvalue weighted by Gasteiger charge is 2.23. The lowest BCUT2D eigenvalue weighted by atomic mass is 9.78. The lowest BCUT2D eigenvalue weighted by molar-refractivity contribution is -0.121. The summed E-state index contributed by atoms with van der Waals surface area (Å²) in [6.07, 6.45) is 8.98. The van der Waals surface area contributed by atoms with E-state index >= 15 is 0 Å². The van der Waals surface area contributed by atoms with Crippen LogP contribution in [0.5, 0.6) is 0 Å². The zero-order chi connectivity index (χ0) is 9.68. The van der Waals surface area contributed by atoms with Crippen LogP contribution in [-0.4, -0.2) is 5.78 Å². The van der Waals surface area contributed by atoms with Gasteiger partial charge in [0, 0.05) is 5.92 Å². The first-order chi connectivity index (χ1) is 6.24. The van der Waals surface area contributed by atoms with Gasteiger partial charge in [-0.25, -0.2) is 0 Å². The first kappa shape index (κ1) is 10.7. The molecule has 0 bridgehead atoms. The van der Waals surface area contributed by atoms with E-state index in [2.05, 4.69) is 6.92 Å². The number of unbranched alkanes of at least 4 members (excludes halogenated alkanes) is 1. The number of ketones is 1. The number of hydrogen-bond donors (Lipinski definition) is 0. The van der Waals surface area contributed by atoms with Gasteiger partial charge in [0.15, 0.2) is 0 Å². The maximum Gasteiger partial charge on any atom is 0.132 e. The monoisotopic (exact) mass is 182 g/mol. The van der Waals surface area contributed by atoms with Crippen molar-refractivity contribution in [3.63, 3.8) is 0 Å². The number of rotatable bonds is 4. The van der Waals surface area contributed by atoms with Crippen LogP contribution >= 0.6 is 0 Å². The molecule has 0 N–H and O–H groups in total. The second kappa shape index (κ2) is 5.41. The minimum Gasteiger partial charge on any atom is -0.300 e. The van der Waals surface area contributed by atoms with Gasteiger partial charge in [-0.15, -0.1) is 0 Å². The Morgan fingerprint density at radius 3 is 2.31 bits per heavy atom. The van der Waals surface area contributed by atoms with E-state index in [9.17, 15) is 4.79 Å². The molecule has 1 nitrogen and oxygen atoms in total. The molecule has 0 saturated heterocycles. The first-order valence-corrected chi connectivity index (χ1v) is 5.74. The van der Waals surface area contributed by atoms with Crippen LogP contribution in [0, 0.1) is 11.8 Å². The number of carbonyl (C=O) groups excluding carboxylic acids is 1. The Bertz CT molecular complexity index is 155. The van der Waals surface area contributed by atoms with E-state index in [0.717, 1.165) is 18.8 Å². The molecule has 0 aromatic heterocycles. The second-order valence-electron chi connectivity index (χ2n) is 4.47. The normalized spacial score (nSPS) is 28.8. The van der Waals surface area contributed by atoms with Gasteiger partial charge in [-0.3, -0.25) is 4.79 Å². The Morgan fingerprint density at radius 2 is 1.85 bits per heavy atom. The van der Waals surface area contributed by atoms with Gasteiger partial charge >= 0.3 is 0 Å². The van der Waals surface area contributed by atoms with Crippen molar-refractivity contribution in [2.75, 3.05) is 0 Å². The summed E-state index contributed by atoms with van der Waals surface area (Å²) in [5.74, 6) is 1.74. The Labute approximate surface area is 81.9 Å². The summed E-state index contributed by atoms with van der Waals surface area (Å²) >= 11 is 0. The van der Waals surface area contributed by atoms with Crippen molar-refractivity contribution in [3.8, 4) is 0 Å². The zero-order valence-corrected chi connectivity index (χ0v) is 9.01. The minimum absolute atomic E-state index is 0.401. The molecule has 0 amide bonds. The van der Waals surface area contributed by atoms with Crippen molar-refractivity contribution in [2.24, 2.45) is 11.8 Å². The van der Waals surface area contributed by atoms with Crippen LogP contribution in [0.15, 0.2) is 0 Å². The van der Waals surface area contributed by atoms with E-state index in [-0.39, 0.29) is 0 Å². The van der Waals surface area contributed by atoms with Crippen LogP contribution in [0.3, 0.4) is 0 Å². The smallest absolute Gasteiger partial charge is 0.132 e. The number of carbonyl (C=O) groups is 1. The van der Waals surface area contributed by atoms with Crippen LogP contribution in [0.2, 0.25) is 0 Å². The summed E-state index contributed by atoms with van der Waals surface area (Å²) in [4.78, 5) is 11.1. The van der Waals surface area contributed by atoms with Gasteiger partial charge in [-0.1, -0.05) is 26.2 Å². The average molecular weight is 182 g/mol. The molecule has 13 heavy (non-hydrogen) atoms. The zero-order valence-electron chi connectivity index (χ0n) is 9.01. The highest BCUT2D eigenvalue weighted by molar-refractivity contribution is 5.78. The van der Waals surface area contributed by atoms with E-state index in [1.807, 2.05) is 0 Å². The predicted octanol–water partition coefficient (Wildman–Crippen LogP) is 3.57. The van der Waals surface area contributed by atoms with Crippen molar-refractivity contribution in [1.82, 2.24) is 0 Å². The molecule has 1 aliphatic rings. The third-order valence-corrected chi connectivity index (χ3v) is 3.39. The molecule has 0 spiro atoms. The minimum atomic E-state index is 0.401. The first-order valence-electron chi connectivity index (χ1n) is 5.74. The van der Waals surface area contributed by atoms with Crippen LogP contribution in [0.4, 0.5) is 0 Å². The molecule has 1 heteroatoms. The molecule has 1 saturated carbocycles. The molecule has 0 aromatic rings. The van der Waals surface area contributed by atoms with Gasteiger partial charge in [0.25, 0.3) is 0 Å². The molecular formula is C12H22O. The lowest BCUT2D eigenvalue weighted by Gasteiger charge is -2.26. The Balaban J connectivity index is 2.18. The number of Topliss-reactive ketones (excluding diaryl/α,β-unsaturated/α-hetero) is 1. The Kier molecular flexibility index (Phi) is 4.47. The van der Waals surface area contributed by atoms with Gasteiger partial charge in [0.05, 0.1) is 0 Å². The van der Waals surface area contributed by atoms with E-state index in [1.165, 1.54) is 32.1 Å².